The average Bonchev–Trinajstić information content (AvgIpc) is 2.96. The molecule has 1 heterocycles. The van der Waals surface area contributed by atoms with Crippen LogP contribution in [0.25, 0.3) is 6.08 Å². The van der Waals surface area contributed by atoms with Gasteiger partial charge in [0.1, 0.15) is 0 Å². The highest BCUT2D eigenvalue weighted by atomic mass is 32.1. The summed E-state index contributed by atoms with van der Waals surface area (Å²) in [7, 11) is 0. The quantitative estimate of drug-likeness (QED) is 0.757. The van der Waals surface area contributed by atoms with Gasteiger partial charge in [-0.05, 0) is 30.0 Å². The Hall–Kier alpha value is -1.87. The predicted molar refractivity (Wildman–Crippen MR) is 80.9 cm³/mol. The molecule has 0 aliphatic rings. The summed E-state index contributed by atoms with van der Waals surface area (Å²) in [6.07, 6.45) is 3.53. The first-order chi connectivity index (χ1) is 9.29. The molecule has 19 heavy (non-hydrogen) atoms. The lowest BCUT2D eigenvalue weighted by Gasteiger charge is -2.19. The second-order valence-electron chi connectivity index (χ2n) is 4.19. The van der Waals surface area contributed by atoms with Crippen molar-refractivity contribution in [2.24, 2.45) is 0 Å². The van der Waals surface area contributed by atoms with Crippen molar-refractivity contribution in [1.82, 2.24) is 4.90 Å². The fraction of sp³-hybridized carbons (Fsp3) is 0.188. The van der Waals surface area contributed by atoms with Crippen LogP contribution < -0.4 is 0 Å². The lowest BCUT2D eigenvalue weighted by atomic mass is 10.2. The van der Waals surface area contributed by atoms with E-state index in [1.54, 1.807) is 17.4 Å². The van der Waals surface area contributed by atoms with Crippen molar-refractivity contribution in [1.29, 1.82) is 0 Å². The van der Waals surface area contributed by atoms with Gasteiger partial charge in [0.15, 0.2) is 0 Å². The first-order valence-corrected chi connectivity index (χ1v) is 7.22. The Morgan fingerprint density at radius 2 is 2.00 bits per heavy atom. The van der Waals surface area contributed by atoms with E-state index in [1.807, 2.05) is 65.7 Å². The average molecular weight is 271 g/mol. The summed E-state index contributed by atoms with van der Waals surface area (Å²) in [5, 5.41) is 2.01. The fourth-order valence-electron chi connectivity index (χ4n) is 1.79. The van der Waals surface area contributed by atoms with Gasteiger partial charge in [-0.25, -0.2) is 0 Å². The largest absolute Gasteiger partial charge is 0.335 e. The van der Waals surface area contributed by atoms with Crippen molar-refractivity contribution >= 4 is 23.3 Å². The number of amides is 1. The van der Waals surface area contributed by atoms with Crippen LogP contribution in [-0.2, 0) is 11.3 Å². The van der Waals surface area contributed by atoms with Crippen molar-refractivity contribution in [3.63, 3.8) is 0 Å². The molecule has 98 valence electrons. The molecule has 2 aromatic rings. The highest BCUT2D eigenvalue weighted by Gasteiger charge is 2.08. The molecule has 0 unspecified atom stereocenters. The van der Waals surface area contributed by atoms with Gasteiger partial charge in [0, 0.05) is 24.0 Å². The smallest absolute Gasteiger partial charge is 0.246 e. The normalized spacial score (nSPS) is 10.8. The number of carbonyl (C=O) groups excluding carboxylic acids is 1. The molecule has 0 N–H and O–H groups in total. The molecule has 0 aliphatic heterocycles. The van der Waals surface area contributed by atoms with E-state index in [0.717, 1.165) is 10.4 Å². The maximum atomic E-state index is 12.1. The topological polar surface area (TPSA) is 20.3 Å². The molecule has 1 amide bonds. The molecule has 1 aromatic heterocycles. The minimum absolute atomic E-state index is 0.0553. The molecule has 0 bridgehead atoms. The molecule has 1 aromatic carbocycles. The van der Waals surface area contributed by atoms with Crippen LogP contribution in [0, 0.1) is 0 Å². The molecule has 0 saturated carbocycles. The molecular weight excluding hydrogens is 254 g/mol. The Labute approximate surface area is 118 Å². The highest BCUT2D eigenvalue weighted by molar-refractivity contribution is 7.10. The van der Waals surface area contributed by atoms with Crippen LogP contribution in [0.3, 0.4) is 0 Å². The number of hydrogen-bond acceptors (Lipinski definition) is 2. The number of rotatable bonds is 5. The van der Waals surface area contributed by atoms with Crippen molar-refractivity contribution < 1.29 is 4.79 Å². The minimum Gasteiger partial charge on any atom is -0.335 e. The van der Waals surface area contributed by atoms with Crippen LogP contribution in [0.4, 0.5) is 0 Å². The second-order valence-corrected chi connectivity index (χ2v) is 5.17. The van der Waals surface area contributed by atoms with Gasteiger partial charge >= 0.3 is 0 Å². The van der Waals surface area contributed by atoms with Crippen LogP contribution in [0.5, 0.6) is 0 Å². The van der Waals surface area contributed by atoms with Crippen molar-refractivity contribution in [2.75, 3.05) is 6.54 Å². The highest BCUT2D eigenvalue weighted by Crippen LogP contribution is 2.11. The fourth-order valence-corrected chi connectivity index (χ4v) is 2.41. The van der Waals surface area contributed by atoms with Gasteiger partial charge in [0.05, 0.1) is 0 Å². The van der Waals surface area contributed by atoms with E-state index in [4.69, 9.17) is 0 Å². The van der Waals surface area contributed by atoms with Gasteiger partial charge < -0.3 is 4.90 Å². The molecular formula is C16H17NOS. The second kappa shape index (κ2) is 6.90. The molecule has 3 heteroatoms. The SMILES string of the molecule is CCN(Cc1ccccc1)C(=O)/C=C/c1cccs1. The minimum atomic E-state index is 0.0553. The van der Waals surface area contributed by atoms with Gasteiger partial charge in [0.2, 0.25) is 5.91 Å². The standard InChI is InChI=1S/C16H17NOS/c1-2-17(13-14-7-4-3-5-8-14)16(18)11-10-15-9-6-12-19-15/h3-12H,2,13H2,1H3/b11-10+. The third-order valence-corrected chi connectivity index (χ3v) is 3.68. The van der Waals surface area contributed by atoms with Crippen molar-refractivity contribution in [2.45, 2.75) is 13.5 Å². The van der Waals surface area contributed by atoms with E-state index in [9.17, 15) is 4.79 Å². The molecule has 0 spiro atoms. The van der Waals surface area contributed by atoms with Crippen molar-refractivity contribution in [3.8, 4) is 0 Å². The third-order valence-electron chi connectivity index (χ3n) is 2.84. The maximum Gasteiger partial charge on any atom is 0.246 e. The zero-order chi connectivity index (χ0) is 13.5. The first-order valence-electron chi connectivity index (χ1n) is 6.34. The lowest BCUT2D eigenvalue weighted by molar-refractivity contribution is -0.126. The van der Waals surface area contributed by atoms with E-state index in [-0.39, 0.29) is 5.91 Å². The van der Waals surface area contributed by atoms with Crippen LogP contribution in [-0.4, -0.2) is 17.4 Å². The Bertz CT molecular complexity index is 531. The number of hydrogen-bond donors (Lipinski definition) is 0. The van der Waals surface area contributed by atoms with Gasteiger partial charge in [-0.1, -0.05) is 36.4 Å². The predicted octanol–water partition coefficient (Wildman–Crippen LogP) is 3.81. The molecule has 2 nitrogen and oxygen atoms in total. The molecule has 0 radical (unpaired) electrons. The first kappa shape index (κ1) is 13.6. The lowest BCUT2D eigenvalue weighted by Crippen LogP contribution is -2.28. The zero-order valence-electron chi connectivity index (χ0n) is 11.0. The number of carbonyl (C=O) groups is 1. The summed E-state index contributed by atoms with van der Waals surface area (Å²) in [6, 6.07) is 14.0. The van der Waals surface area contributed by atoms with Crippen LogP contribution in [0.15, 0.2) is 53.9 Å². The van der Waals surface area contributed by atoms with E-state index >= 15 is 0 Å². The molecule has 0 atom stereocenters. The molecule has 0 saturated heterocycles. The summed E-state index contributed by atoms with van der Waals surface area (Å²) in [4.78, 5) is 15.1. The summed E-state index contributed by atoms with van der Waals surface area (Å²) in [6.45, 7) is 3.37. The molecule has 0 aliphatic carbocycles. The summed E-state index contributed by atoms with van der Waals surface area (Å²) in [5.74, 6) is 0.0553. The van der Waals surface area contributed by atoms with E-state index in [1.165, 1.54) is 0 Å². The molecule has 0 fully saturated rings. The Morgan fingerprint density at radius 1 is 1.21 bits per heavy atom. The Morgan fingerprint density at radius 3 is 2.63 bits per heavy atom. The third kappa shape index (κ3) is 4.07. The Balaban J connectivity index is 1.99. The molecule has 2 rings (SSSR count). The van der Waals surface area contributed by atoms with Crippen LogP contribution in [0.1, 0.15) is 17.4 Å². The number of likely N-dealkylation sites (N-methyl/N-ethyl adjacent to an activating group) is 1. The number of benzene rings is 1. The van der Waals surface area contributed by atoms with Gasteiger partial charge in [0.25, 0.3) is 0 Å². The Kier molecular flexibility index (Phi) is 4.93. The van der Waals surface area contributed by atoms with E-state index in [2.05, 4.69) is 0 Å². The van der Waals surface area contributed by atoms with Crippen LogP contribution in [0.2, 0.25) is 0 Å². The summed E-state index contributed by atoms with van der Waals surface area (Å²) < 4.78 is 0. The van der Waals surface area contributed by atoms with Gasteiger partial charge in [-0.2, -0.15) is 0 Å². The number of nitrogens with zero attached hydrogens (tertiary/aromatic N) is 1. The maximum absolute atomic E-state index is 12.1. The van der Waals surface area contributed by atoms with Crippen molar-refractivity contribution in [3.05, 3.63) is 64.4 Å². The van der Waals surface area contributed by atoms with E-state index < -0.39 is 0 Å². The number of thiophene rings is 1. The van der Waals surface area contributed by atoms with Crippen LogP contribution >= 0.6 is 11.3 Å². The monoisotopic (exact) mass is 271 g/mol. The van der Waals surface area contributed by atoms with E-state index in [0.29, 0.717) is 13.1 Å². The zero-order valence-corrected chi connectivity index (χ0v) is 11.8. The summed E-state index contributed by atoms with van der Waals surface area (Å²) in [5.41, 5.74) is 1.15. The summed E-state index contributed by atoms with van der Waals surface area (Å²) >= 11 is 1.63. The van der Waals surface area contributed by atoms with Gasteiger partial charge in [-0.3, -0.25) is 4.79 Å². The van der Waals surface area contributed by atoms with Gasteiger partial charge in [-0.15, -0.1) is 11.3 Å².